The predicted molar refractivity (Wildman–Crippen MR) is 58.3 cm³/mol. The Balaban J connectivity index is -0.000000230. The van der Waals surface area contributed by atoms with Crippen molar-refractivity contribution in [2.24, 2.45) is 0 Å². The van der Waals surface area contributed by atoms with Crippen molar-refractivity contribution in [3.8, 4) is 0 Å². The maximum atomic E-state index is 8.60. The second kappa shape index (κ2) is 10.8. The molecule has 0 aliphatic heterocycles. The van der Waals surface area contributed by atoms with E-state index in [-0.39, 0.29) is 24.0 Å². The molecule has 1 rings (SSSR count). The molecular weight excluding hydrogens is 436 g/mol. The summed E-state index contributed by atoms with van der Waals surface area (Å²) in [5.74, 6) is 0. The Morgan fingerprint density at radius 3 is 1.15 bits per heavy atom. The molecule has 0 spiro atoms. The molecule has 20 heavy (non-hydrogen) atoms. The van der Waals surface area contributed by atoms with Crippen molar-refractivity contribution in [1.82, 2.24) is 4.98 Å². The molecule has 1 aromatic rings. The van der Waals surface area contributed by atoms with Gasteiger partial charge in [0.2, 0.25) is 0 Å². The maximum absolute atomic E-state index is 8.60. The molecule has 0 saturated heterocycles. The maximum Gasteiger partial charge on any atom is 0.0777 e. The molecule has 0 radical (unpaired) electrons. The van der Waals surface area contributed by atoms with Crippen LogP contribution in [0.25, 0.3) is 0 Å². The Morgan fingerprint density at radius 2 is 1.00 bits per heavy atom. The van der Waals surface area contributed by atoms with Gasteiger partial charge in [-0.2, -0.15) is 28.0 Å². The molecule has 0 amide bonds. The van der Waals surface area contributed by atoms with Crippen molar-refractivity contribution in [3.05, 3.63) is 29.1 Å². The molecule has 0 saturated carbocycles. The van der Waals surface area contributed by atoms with Crippen LogP contribution >= 0.6 is 24.0 Å². The van der Waals surface area contributed by atoms with E-state index in [4.69, 9.17) is 37.3 Å². The lowest BCUT2D eigenvalue weighted by atomic mass is 10.2. The Kier molecular flexibility index (Phi) is 13.6. The van der Waals surface area contributed by atoms with Gasteiger partial charge in [0.15, 0.2) is 0 Å². The summed E-state index contributed by atoms with van der Waals surface area (Å²) in [7, 11) is -9.39. The summed E-state index contributed by atoms with van der Waals surface area (Å²) in [4.78, 5) is 4.23. The van der Waals surface area contributed by atoms with Crippen molar-refractivity contribution in [1.29, 1.82) is 0 Å². The second-order valence-corrected chi connectivity index (χ2v) is 4.80. The van der Waals surface area contributed by atoms with Crippen molar-refractivity contribution >= 4 is 24.0 Å². The summed E-state index contributed by atoms with van der Waals surface area (Å²) >= 11 is 0. The quantitative estimate of drug-likeness (QED) is 0.363. The van der Waals surface area contributed by atoms with Crippen LogP contribution in [0.5, 0.6) is 0 Å². The molecule has 0 fully saturated rings. The number of hydrogen-bond acceptors (Lipinski definition) is 9. The normalized spacial score (nSPS) is 10.3. The number of pyridine rings is 1. The minimum atomic E-state index is -4.69. The molecule has 9 nitrogen and oxygen atoms in total. The summed E-state index contributed by atoms with van der Waals surface area (Å²) in [6.45, 7) is 6.11. The zero-order chi connectivity index (χ0) is 15.9. The van der Waals surface area contributed by atoms with Crippen molar-refractivity contribution in [3.63, 3.8) is 0 Å². The number of nitrogens with zero attached hydrogens (tertiary/aromatic N) is 1. The summed E-state index contributed by atoms with van der Waals surface area (Å²) < 4.78 is 65.4. The van der Waals surface area contributed by atoms with Gasteiger partial charge >= 0.3 is 0 Å². The molecule has 0 atom stereocenters. The molecule has 1 aromatic heterocycles. The zero-order valence-electron chi connectivity index (χ0n) is 10.6. The predicted octanol–water partition coefficient (Wildman–Crippen LogP) is -5.62. The molecule has 0 aromatic carbocycles. The molecule has 0 aliphatic carbocycles. The molecule has 1 heterocycles. The van der Waals surface area contributed by atoms with Crippen LogP contribution in [-0.4, -0.2) is 14.3 Å². The summed E-state index contributed by atoms with van der Waals surface area (Å²) in [6.07, 6.45) is 0. The van der Waals surface area contributed by atoms with Crippen LogP contribution in [0.1, 0.15) is 17.0 Å². The summed E-state index contributed by atoms with van der Waals surface area (Å²) in [6, 6.07) is 4.15. The Bertz CT molecular complexity index is 307. The van der Waals surface area contributed by atoms with Gasteiger partial charge in [-0.3, -0.25) is 4.98 Å². The highest BCUT2D eigenvalue weighted by molar-refractivity contribution is 14.0. The van der Waals surface area contributed by atoms with E-state index in [1.807, 2.05) is 13.8 Å². The van der Waals surface area contributed by atoms with Crippen LogP contribution < -0.4 is 28.0 Å². The van der Waals surface area contributed by atoms with Gasteiger partial charge in [-0.05, 0) is 38.5 Å². The van der Waals surface area contributed by atoms with Crippen molar-refractivity contribution in [2.75, 3.05) is 0 Å². The summed E-state index contributed by atoms with van der Waals surface area (Å²) in [5.41, 5.74) is 3.50. The zero-order valence-corrected chi connectivity index (χ0v) is 14.5. The van der Waals surface area contributed by atoms with Gasteiger partial charge in [0.25, 0.3) is 0 Å². The monoisotopic (exact) mass is 449 g/mol. The third-order valence-electron chi connectivity index (χ3n) is 1.23. The lowest BCUT2D eigenvalue weighted by Gasteiger charge is -2.03. The SMILES string of the molecule is Cc1cc(C)nc(C)c1.I.[O-][Cl+3]([O-])([O-])O.[O-][Cl+3]([O-])([O-])O. The summed E-state index contributed by atoms with van der Waals surface area (Å²) in [5, 5.41) is 0. The van der Waals surface area contributed by atoms with Crippen molar-refractivity contribution in [2.45, 2.75) is 20.8 Å². The molecular formula is C8H14Cl2INO8. The van der Waals surface area contributed by atoms with Gasteiger partial charge < -0.3 is 0 Å². The van der Waals surface area contributed by atoms with E-state index < -0.39 is 20.5 Å². The molecule has 2 N–H and O–H groups in total. The van der Waals surface area contributed by atoms with Crippen LogP contribution in [-0.2, 0) is 0 Å². The first kappa shape index (κ1) is 25.1. The van der Waals surface area contributed by atoms with Crippen LogP contribution in [0, 0.1) is 41.3 Å². The van der Waals surface area contributed by atoms with E-state index in [1.54, 1.807) is 0 Å². The third kappa shape index (κ3) is 36.2. The van der Waals surface area contributed by atoms with E-state index in [0.29, 0.717) is 0 Å². The van der Waals surface area contributed by atoms with E-state index in [0.717, 1.165) is 11.4 Å². The van der Waals surface area contributed by atoms with E-state index in [2.05, 4.69) is 24.0 Å². The van der Waals surface area contributed by atoms with E-state index >= 15 is 0 Å². The minimum absolute atomic E-state index is 0. The first-order valence-corrected chi connectivity index (χ1v) is 6.89. The fraction of sp³-hybridized carbons (Fsp3) is 0.375. The van der Waals surface area contributed by atoms with Gasteiger partial charge in [0.05, 0.1) is 29.8 Å². The Morgan fingerprint density at radius 1 is 0.800 bits per heavy atom. The van der Waals surface area contributed by atoms with Gasteiger partial charge in [-0.25, -0.2) is 0 Å². The fourth-order valence-corrected chi connectivity index (χ4v) is 1.04. The smallest absolute Gasteiger partial charge is 0.0777 e. The molecule has 120 valence electrons. The molecule has 0 aliphatic rings. The molecule has 12 heteroatoms. The topological polar surface area (TPSA) is 192 Å². The Labute approximate surface area is 136 Å². The lowest BCUT2D eigenvalue weighted by molar-refractivity contribution is -1.92. The van der Waals surface area contributed by atoms with Crippen LogP contribution in [0.15, 0.2) is 12.1 Å². The molecule has 0 bridgehead atoms. The first-order chi connectivity index (χ1) is 8.18. The van der Waals surface area contributed by atoms with Gasteiger partial charge in [0, 0.05) is 11.4 Å². The first-order valence-electron chi connectivity index (χ1n) is 4.37. The Hall–Kier alpha value is 0.140. The average Bonchev–Trinajstić information content (AvgIpc) is 1.91. The highest BCUT2D eigenvalue weighted by Crippen LogP contribution is 2.01. The fourth-order valence-electron chi connectivity index (χ4n) is 1.04. The number of aromatic nitrogens is 1. The van der Waals surface area contributed by atoms with Crippen LogP contribution in [0.3, 0.4) is 0 Å². The third-order valence-corrected chi connectivity index (χ3v) is 1.23. The number of halogens is 3. The van der Waals surface area contributed by atoms with E-state index in [9.17, 15) is 0 Å². The van der Waals surface area contributed by atoms with Gasteiger partial charge in [-0.15, -0.1) is 24.0 Å². The number of hydrogen-bond donors (Lipinski definition) is 2. The van der Waals surface area contributed by atoms with Crippen molar-refractivity contribution < 1.29 is 57.8 Å². The number of rotatable bonds is 0. The highest BCUT2D eigenvalue weighted by Gasteiger charge is 1.99. The largest absolute Gasteiger partial charge is 0.258 e. The minimum Gasteiger partial charge on any atom is -0.258 e. The van der Waals surface area contributed by atoms with Gasteiger partial charge in [-0.1, -0.05) is 0 Å². The molecule has 0 unspecified atom stereocenters. The standard InChI is InChI=1S/C8H11N.2ClHO4.HI/c1-6-4-7(2)9-8(3)5-6;2*2-1(3,4)5;/h4-5H,1-3H3;2*(H,2,3,4,5);1H. The van der Waals surface area contributed by atoms with Crippen LogP contribution in [0.4, 0.5) is 0 Å². The number of aryl methyl sites for hydroxylation is 3. The lowest BCUT2D eigenvalue weighted by Crippen LogP contribution is -2.58. The van der Waals surface area contributed by atoms with Crippen LogP contribution in [0.2, 0.25) is 0 Å². The van der Waals surface area contributed by atoms with Gasteiger partial charge in [0.1, 0.15) is 0 Å². The highest BCUT2D eigenvalue weighted by atomic mass is 127. The average molecular weight is 450 g/mol. The van der Waals surface area contributed by atoms with E-state index in [1.165, 1.54) is 5.56 Å². The second-order valence-electron chi connectivity index (χ2n) is 3.22.